The lowest BCUT2D eigenvalue weighted by Gasteiger charge is -2.23. The second kappa shape index (κ2) is 7.00. The van der Waals surface area contributed by atoms with Gasteiger partial charge in [0.2, 0.25) is 0 Å². The van der Waals surface area contributed by atoms with E-state index in [4.69, 9.17) is 9.47 Å². The molecule has 2 fully saturated rings. The molecule has 0 N–H and O–H groups in total. The zero-order valence-corrected chi connectivity index (χ0v) is 14.3. The third-order valence-electron chi connectivity index (χ3n) is 5.65. The number of hydrogen-bond donors (Lipinski definition) is 0. The lowest BCUT2D eigenvalue weighted by Crippen LogP contribution is -2.26. The number of hydrogen-bond acceptors (Lipinski definition) is 3. The Morgan fingerprint density at radius 2 is 1.56 bits per heavy atom. The van der Waals surface area contributed by atoms with Crippen LogP contribution >= 0.6 is 0 Å². The fraction of sp³-hybridized carbons (Fsp3) is 0.409. The van der Waals surface area contributed by atoms with E-state index < -0.39 is 0 Å². The maximum Gasteiger partial charge on any atom is 0.0720 e. The smallest absolute Gasteiger partial charge is 0.0720 e. The van der Waals surface area contributed by atoms with Crippen LogP contribution in [0.3, 0.4) is 0 Å². The summed E-state index contributed by atoms with van der Waals surface area (Å²) in [6.07, 6.45) is 1.98. The predicted molar refractivity (Wildman–Crippen MR) is 95.4 cm³/mol. The molecule has 3 nitrogen and oxygen atoms in total. The van der Waals surface area contributed by atoms with E-state index in [1.807, 2.05) is 36.4 Å². The SMILES string of the molecule is N#C[C@@]12C[C@H](OCc3ccccc3)[C@@H](COCc3ccccc3)[C@@H]1C2. The first kappa shape index (κ1) is 16.3. The Labute approximate surface area is 149 Å². The lowest BCUT2D eigenvalue weighted by molar-refractivity contribution is -0.0303. The van der Waals surface area contributed by atoms with Crippen molar-refractivity contribution in [2.75, 3.05) is 6.61 Å². The minimum Gasteiger partial charge on any atom is -0.376 e. The third kappa shape index (κ3) is 3.46. The molecule has 0 bridgehead atoms. The molecule has 2 aromatic carbocycles. The summed E-state index contributed by atoms with van der Waals surface area (Å²) < 4.78 is 12.2. The summed E-state index contributed by atoms with van der Waals surface area (Å²) in [5.74, 6) is 0.765. The highest BCUT2D eigenvalue weighted by Gasteiger charge is 2.66. The Morgan fingerprint density at radius 3 is 2.20 bits per heavy atom. The molecule has 0 unspecified atom stereocenters. The van der Waals surface area contributed by atoms with E-state index in [0.717, 1.165) is 12.8 Å². The highest BCUT2D eigenvalue weighted by Crippen LogP contribution is 2.66. The summed E-state index contributed by atoms with van der Waals surface area (Å²) in [7, 11) is 0. The second-order valence-electron chi connectivity index (χ2n) is 7.28. The Bertz CT molecular complexity index is 740. The quantitative estimate of drug-likeness (QED) is 0.757. The van der Waals surface area contributed by atoms with Crippen molar-refractivity contribution < 1.29 is 9.47 Å². The van der Waals surface area contributed by atoms with E-state index in [0.29, 0.717) is 31.7 Å². The molecule has 0 spiro atoms. The molecule has 0 aromatic heterocycles. The summed E-state index contributed by atoms with van der Waals surface area (Å²) in [6.45, 7) is 1.90. The minimum atomic E-state index is -0.151. The van der Waals surface area contributed by atoms with Gasteiger partial charge in [-0.3, -0.25) is 0 Å². The molecule has 0 saturated heterocycles. The summed E-state index contributed by atoms with van der Waals surface area (Å²) in [5.41, 5.74) is 2.21. The van der Waals surface area contributed by atoms with E-state index >= 15 is 0 Å². The van der Waals surface area contributed by atoms with Crippen LogP contribution in [0.4, 0.5) is 0 Å². The highest BCUT2D eigenvalue weighted by molar-refractivity contribution is 5.24. The summed E-state index contributed by atoms with van der Waals surface area (Å²) in [5, 5.41) is 9.54. The van der Waals surface area contributed by atoms with Gasteiger partial charge in [-0.05, 0) is 29.9 Å². The van der Waals surface area contributed by atoms with E-state index in [1.165, 1.54) is 11.1 Å². The zero-order valence-electron chi connectivity index (χ0n) is 14.3. The summed E-state index contributed by atoms with van der Waals surface area (Å²) in [4.78, 5) is 0. The van der Waals surface area contributed by atoms with Crippen molar-refractivity contribution in [3.8, 4) is 6.07 Å². The molecule has 25 heavy (non-hydrogen) atoms. The number of ether oxygens (including phenoxy) is 2. The Hall–Kier alpha value is -2.15. The third-order valence-corrected chi connectivity index (χ3v) is 5.65. The number of benzene rings is 2. The van der Waals surface area contributed by atoms with Gasteiger partial charge in [0.05, 0.1) is 37.4 Å². The maximum absolute atomic E-state index is 9.54. The molecule has 0 radical (unpaired) electrons. The first-order chi connectivity index (χ1) is 12.3. The minimum absolute atomic E-state index is 0.120. The van der Waals surface area contributed by atoms with Crippen molar-refractivity contribution >= 4 is 0 Å². The van der Waals surface area contributed by atoms with Crippen molar-refractivity contribution in [2.45, 2.75) is 32.2 Å². The molecule has 2 aliphatic rings. The van der Waals surface area contributed by atoms with Gasteiger partial charge in [0, 0.05) is 5.92 Å². The van der Waals surface area contributed by atoms with Gasteiger partial charge in [-0.25, -0.2) is 0 Å². The van der Waals surface area contributed by atoms with Gasteiger partial charge < -0.3 is 9.47 Å². The first-order valence-electron chi connectivity index (χ1n) is 8.99. The number of fused-ring (bicyclic) bond motifs is 1. The second-order valence-corrected chi connectivity index (χ2v) is 7.28. The van der Waals surface area contributed by atoms with Crippen LogP contribution in [0.1, 0.15) is 24.0 Å². The topological polar surface area (TPSA) is 42.2 Å². The maximum atomic E-state index is 9.54. The van der Waals surface area contributed by atoms with Crippen LogP contribution in [-0.4, -0.2) is 12.7 Å². The fourth-order valence-corrected chi connectivity index (χ4v) is 4.14. The molecule has 2 saturated carbocycles. The van der Waals surface area contributed by atoms with Crippen LogP contribution < -0.4 is 0 Å². The van der Waals surface area contributed by atoms with E-state index in [9.17, 15) is 5.26 Å². The average molecular weight is 333 g/mol. The van der Waals surface area contributed by atoms with Crippen LogP contribution in [-0.2, 0) is 22.7 Å². The monoisotopic (exact) mass is 333 g/mol. The van der Waals surface area contributed by atoms with Crippen LogP contribution in [0.2, 0.25) is 0 Å². The number of nitrogens with zero attached hydrogens (tertiary/aromatic N) is 1. The number of rotatable bonds is 7. The molecular formula is C22H23NO2. The van der Waals surface area contributed by atoms with Gasteiger partial charge in [-0.1, -0.05) is 60.7 Å². The molecule has 2 aliphatic carbocycles. The van der Waals surface area contributed by atoms with Crippen molar-refractivity contribution in [3.05, 3.63) is 71.8 Å². The van der Waals surface area contributed by atoms with Crippen LogP contribution in [0.5, 0.6) is 0 Å². The zero-order chi connectivity index (χ0) is 17.1. The van der Waals surface area contributed by atoms with E-state index in [-0.39, 0.29) is 11.5 Å². The van der Waals surface area contributed by atoms with Crippen LogP contribution in [0.25, 0.3) is 0 Å². The van der Waals surface area contributed by atoms with Gasteiger partial charge in [-0.2, -0.15) is 5.26 Å². The molecule has 0 amide bonds. The summed E-state index contributed by atoms with van der Waals surface area (Å²) >= 11 is 0. The van der Waals surface area contributed by atoms with Crippen molar-refractivity contribution in [1.82, 2.24) is 0 Å². The largest absolute Gasteiger partial charge is 0.376 e. The van der Waals surface area contributed by atoms with Crippen molar-refractivity contribution in [1.29, 1.82) is 5.26 Å². The van der Waals surface area contributed by atoms with Gasteiger partial charge in [0.15, 0.2) is 0 Å². The Morgan fingerprint density at radius 1 is 0.920 bits per heavy atom. The van der Waals surface area contributed by atoms with E-state index in [2.05, 4.69) is 30.3 Å². The Kier molecular flexibility index (Phi) is 4.57. The predicted octanol–water partition coefficient (Wildman–Crippen LogP) is 4.34. The molecule has 2 aromatic rings. The van der Waals surface area contributed by atoms with Gasteiger partial charge >= 0.3 is 0 Å². The van der Waals surface area contributed by atoms with Gasteiger partial charge in [0.25, 0.3) is 0 Å². The molecule has 3 heteroatoms. The average Bonchev–Trinajstić information content (AvgIpc) is 3.31. The fourth-order valence-electron chi connectivity index (χ4n) is 4.14. The van der Waals surface area contributed by atoms with Gasteiger partial charge in [0.1, 0.15) is 0 Å². The molecule has 0 heterocycles. The van der Waals surface area contributed by atoms with Crippen LogP contribution in [0.15, 0.2) is 60.7 Å². The normalized spacial score (nSPS) is 29.8. The Balaban J connectivity index is 1.35. The molecule has 4 atom stereocenters. The standard InChI is InChI=1S/C22H23NO2/c23-16-22-11-20(22)19(15-24-13-17-7-3-1-4-8-17)21(12-22)25-14-18-9-5-2-6-10-18/h1-10,19-21H,11-15H2/t19-,20-,21-,22+/m0/s1. The van der Waals surface area contributed by atoms with Gasteiger partial charge in [-0.15, -0.1) is 0 Å². The molecule has 128 valence electrons. The molecular weight excluding hydrogens is 310 g/mol. The highest BCUT2D eigenvalue weighted by atomic mass is 16.5. The van der Waals surface area contributed by atoms with Crippen molar-refractivity contribution in [3.63, 3.8) is 0 Å². The summed E-state index contributed by atoms with van der Waals surface area (Å²) in [6, 6.07) is 23.0. The molecule has 4 rings (SSSR count). The lowest BCUT2D eigenvalue weighted by atomic mass is 10.0. The molecule has 0 aliphatic heterocycles. The van der Waals surface area contributed by atoms with Crippen molar-refractivity contribution in [2.24, 2.45) is 17.3 Å². The first-order valence-corrected chi connectivity index (χ1v) is 8.99. The van der Waals surface area contributed by atoms with E-state index in [1.54, 1.807) is 0 Å². The number of nitriles is 1. The van der Waals surface area contributed by atoms with Crippen LogP contribution in [0, 0.1) is 28.6 Å².